The Morgan fingerprint density at radius 3 is 2.27 bits per heavy atom. The Labute approximate surface area is 125 Å². The lowest BCUT2D eigenvalue weighted by Gasteiger charge is -2.06. The van der Waals surface area contributed by atoms with Gasteiger partial charge in [0.25, 0.3) is 0 Å². The highest BCUT2D eigenvalue weighted by molar-refractivity contribution is 5.68. The van der Waals surface area contributed by atoms with Gasteiger partial charge in [-0.3, -0.25) is 9.67 Å². The summed E-state index contributed by atoms with van der Waals surface area (Å²) in [4.78, 5) is 4.25. The molecule has 0 saturated carbocycles. The molecule has 0 fully saturated rings. The predicted octanol–water partition coefficient (Wildman–Crippen LogP) is 4.17. The van der Waals surface area contributed by atoms with E-state index < -0.39 is 11.9 Å². The Hall–Kier alpha value is -2.63. The van der Waals surface area contributed by atoms with E-state index in [4.69, 9.17) is 0 Å². The summed E-state index contributed by atoms with van der Waals surface area (Å²) >= 11 is 0. The van der Waals surface area contributed by atoms with Crippen molar-refractivity contribution in [2.45, 2.75) is 6.18 Å². The van der Waals surface area contributed by atoms with Crippen molar-refractivity contribution in [3.63, 3.8) is 0 Å². The Morgan fingerprint density at radius 1 is 0.955 bits per heavy atom. The molecule has 0 amide bonds. The highest BCUT2D eigenvalue weighted by Gasteiger charge is 2.37. The van der Waals surface area contributed by atoms with Gasteiger partial charge in [0.15, 0.2) is 5.69 Å². The van der Waals surface area contributed by atoms with Crippen molar-refractivity contribution < 1.29 is 13.2 Å². The van der Waals surface area contributed by atoms with Crippen molar-refractivity contribution in [3.05, 3.63) is 60.6 Å². The first kappa shape index (κ1) is 14.3. The van der Waals surface area contributed by atoms with Crippen molar-refractivity contribution >= 4 is 0 Å². The van der Waals surface area contributed by atoms with Crippen LogP contribution >= 0.6 is 0 Å². The summed E-state index contributed by atoms with van der Waals surface area (Å²) in [5.74, 6) is 0. The van der Waals surface area contributed by atoms with Crippen LogP contribution in [0.5, 0.6) is 0 Å². The summed E-state index contributed by atoms with van der Waals surface area (Å²) in [6, 6.07) is 12.8. The Morgan fingerprint density at radius 2 is 1.68 bits per heavy atom. The third-order valence-electron chi connectivity index (χ3n) is 3.24. The third-order valence-corrected chi connectivity index (χ3v) is 3.24. The summed E-state index contributed by atoms with van der Waals surface area (Å²) in [6.07, 6.45) is -1.70. The molecule has 1 aromatic carbocycles. The van der Waals surface area contributed by atoms with E-state index in [2.05, 4.69) is 10.1 Å². The fourth-order valence-electron chi connectivity index (χ4n) is 2.24. The maximum atomic E-state index is 13.0. The molecule has 0 unspecified atom stereocenters. The predicted molar refractivity (Wildman–Crippen MR) is 76.9 cm³/mol. The average Bonchev–Trinajstić information content (AvgIpc) is 2.91. The smallest absolute Gasteiger partial charge is 0.275 e. The Kier molecular flexibility index (Phi) is 3.44. The van der Waals surface area contributed by atoms with Gasteiger partial charge in [0, 0.05) is 36.1 Å². The third kappa shape index (κ3) is 2.72. The molecule has 0 radical (unpaired) electrons. The first-order valence-electron chi connectivity index (χ1n) is 6.58. The van der Waals surface area contributed by atoms with Crippen molar-refractivity contribution in [1.82, 2.24) is 14.8 Å². The van der Waals surface area contributed by atoms with Gasteiger partial charge in [-0.25, -0.2) is 0 Å². The Balaban J connectivity index is 2.01. The van der Waals surface area contributed by atoms with E-state index in [0.717, 1.165) is 10.2 Å². The molecule has 112 valence electrons. The van der Waals surface area contributed by atoms with Crippen molar-refractivity contribution in [2.75, 3.05) is 0 Å². The second kappa shape index (κ2) is 5.29. The van der Waals surface area contributed by atoms with E-state index in [-0.39, 0.29) is 5.56 Å². The van der Waals surface area contributed by atoms with Crippen LogP contribution < -0.4 is 0 Å². The summed E-state index contributed by atoms with van der Waals surface area (Å²) in [7, 11) is 1.46. The summed E-state index contributed by atoms with van der Waals surface area (Å²) in [5.41, 5.74) is 1.14. The quantitative estimate of drug-likeness (QED) is 0.711. The number of nitrogens with zero attached hydrogens (tertiary/aromatic N) is 3. The maximum absolute atomic E-state index is 13.0. The normalized spacial score (nSPS) is 11.6. The molecule has 0 aliphatic rings. The molecule has 22 heavy (non-hydrogen) atoms. The van der Waals surface area contributed by atoms with Crippen LogP contribution in [0, 0.1) is 0 Å². The molecule has 2 aromatic heterocycles. The number of hydrogen-bond acceptors (Lipinski definition) is 2. The average molecular weight is 303 g/mol. The van der Waals surface area contributed by atoms with E-state index in [1.165, 1.54) is 19.4 Å². The van der Waals surface area contributed by atoms with Crippen LogP contribution in [0.2, 0.25) is 0 Å². The molecular weight excluding hydrogens is 291 g/mol. The number of alkyl halides is 3. The second-order valence-electron chi connectivity index (χ2n) is 4.86. The number of pyridine rings is 1. The van der Waals surface area contributed by atoms with Crippen LogP contribution in [0.3, 0.4) is 0 Å². The largest absolute Gasteiger partial charge is 0.435 e. The number of rotatable bonds is 2. The number of aromatic nitrogens is 3. The van der Waals surface area contributed by atoms with Gasteiger partial charge in [0.1, 0.15) is 0 Å². The van der Waals surface area contributed by atoms with E-state index in [9.17, 15) is 13.2 Å². The maximum Gasteiger partial charge on any atom is 0.435 e. The monoisotopic (exact) mass is 303 g/mol. The van der Waals surface area contributed by atoms with Gasteiger partial charge >= 0.3 is 6.18 Å². The molecular formula is C16H12F3N3. The van der Waals surface area contributed by atoms with E-state index in [1.807, 2.05) is 30.3 Å². The standard InChI is InChI=1S/C16H12F3N3/c1-22-10-13(15(21-22)16(17,18)19)12-7-8-14(20-9-12)11-5-3-2-4-6-11/h2-10H,1H3. The van der Waals surface area contributed by atoms with Crippen molar-refractivity contribution in [1.29, 1.82) is 0 Å². The molecule has 0 bridgehead atoms. The first-order valence-corrected chi connectivity index (χ1v) is 6.58. The molecule has 0 saturated heterocycles. The molecule has 0 atom stereocenters. The fourth-order valence-corrected chi connectivity index (χ4v) is 2.24. The minimum atomic E-state index is -4.49. The topological polar surface area (TPSA) is 30.7 Å². The van der Waals surface area contributed by atoms with Crippen LogP contribution in [-0.4, -0.2) is 14.8 Å². The number of benzene rings is 1. The lowest BCUT2D eigenvalue weighted by molar-refractivity contribution is -0.140. The molecule has 3 aromatic rings. The van der Waals surface area contributed by atoms with Gasteiger partial charge in [-0.1, -0.05) is 36.4 Å². The van der Waals surface area contributed by atoms with Gasteiger partial charge in [-0.05, 0) is 6.07 Å². The summed E-state index contributed by atoms with van der Waals surface area (Å²) in [6.45, 7) is 0. The molecule has 0 aliphatic heterocycles. The van der Waals surface area contributed by atoms with Gasteiger partial charge in [0.2, 0.25) is 0 Å². The fraction of sp³-hybridized carbons (Fsp3) is 0.125. The van der Waals surface area contributed by atoms with E-state index in [0.29, 0.717) is 11.3 Å². The lowest BCUT2D eigenvalue weighted by Crippen LogP contribution is -2.08. The van der Waals surface area contributed by atoms with Gasteiger partial charge in [-0.15, -0.1) is 0 Å². The lowest BCUT2D eigenvalue weighted by atomic mass is 10.1. The number of aryl methyl sites for hydroxylation is 1. The van der Waals surface area contributed by atoms with Gasteiger partial charge in [0.05, 0.1) is 5.69 Å². The molecule has 2 heterocycles. The highest BCUT2D eigenvalue weighted by atomic mass is 19.4. The zero-order valence-electron chi connectivity index (χ0n) is 11.7. The summed E-state index contributed by atoms with van der Waals surface area (Å²) in [5, 5.41) is 3.50. The van der Waals surface area contributed by atoms with Crippen LogP contribution in [0.1, 0.15) is 5.69 Å². The molecule has 6 heteroatoms. The zero-order chi connectivity index (χ0) is 15.7. The zero-order valence-corrected chi connectivity index (χ0v) is 11.7. The molecule has 3 nitrogen and oxygen atoms in total. The molecule has 0 N–H and O–H groups in total. The molecule has 0 aliphatic carbocycles. The van der Waals surface area contributed by atoms with Gasteiger partial charge in [-0.2, -0.15) is 18.3 Å². The van der Waals surface area contributed by atoms with Crippen LogP contribution in [0.4, 0.5) is 13.2 Å². The van der Waals surface area contributed by atoms with Gasteiger partial charge < -0.3 is 0 Å². The summed E-state index contributed by atoms with van der Waals surface area (Å²) < 4.78 is 40.1. The van der Waals surface area contributed by atoms with Crippen LogP contribution in [0.15, 0.2) is 54.9 Å². The minimum Gasteiger partial charge on any atom is -0.275 e. The van der Waals surface area contributed by atoms with Crippen molar-refractivity contribution in [2.24, 2.45) is 7.05 Å². The SMILES string of the molecule is Cn1cc(-c2ccc(-c3ccccc3)nc2)c(C(F)(F)F)n1. The molecule has 0 spiro atoms. The first-order chi connectivity index (χ1) is 10.4. The van der Waals surface area contributed by atoms with E-state index >= 15 is 0 Å². The number of hydrogen-bond donors (Lipinski definition) is 0. The highest BCUT2D eigenvalue weighted by Crippen LogP contribution is 2.35. The Bertz CT molecular complexity index is 775. The van der Waals surface area contributed by atoms with Crippen molar-refractivity contribution in [3.8, 4) is 22.4 Å². The molecule has 3 rings (SSSR count). The van der Waals surface area contributed by atoms with Crippen LogP contribution in [-0.2, 0) is 13.2 Å². The number of halogens is 3. The van der Waals surface area contributed by atoms with Crippen LogP contribution in [0.25, 0.3) is 22.4 Å². The second-order valence-corrected chi connectivity index (χ2v) is 4.86. The minimum absolute atomic E-state index is 0.0297. The van der Waals surface area contributed by atoms with E-state index in [1.54, 1.807) is 12.1 Å².